The highest BCUT2D eigenvalue weighted by molar-refractivity contribution is 5.89. The van der Waals surface area contributed by atoms with Crippen LogP contribution >= 0.6 is 0 Å². The standard InChI is InChI=1S/C27H30N6O3/c1-16-11-20-13-28-26(32-24(20)25(29-16)33-9-7-27(14-33)8-10-35-15-27)31-21-6-5-19(12-22(21)34-4)23-17(2)36-18(3)30-23/h5-6,11-13H,7-10,14-15H2,1-4H3,(H,28,31,32). The van der Waals surface area contributed by atoms with Gasteiger partial charge in [-0.1, -0.05) is 6.07 Å². The van der Waals surface area contributed by atoms with E-state index in [-0.39, 0.29) is 5.41 Å². The number of methoxy groups -OCH3 is 1. The van der Waals surface area contributed by atoms with E-state index in [1.54, 1.807) is 7.11 Å². The van der Waals surface area contributed by atoms with E-state index in [1.807, 2.05) is 51.2 Å². The first-order valence-corrected chi connectivity index (χ1v) is 12.3. The van der Waals surface area contributed by atoms with Gasteiger partial charge in [0.15, 0.2) is 11.7 Å². The first kappa shape index (κ1) is 22.7. The Morgan fingerprint density at radius 3 is 2.72 bits per heavy atom. The van der Waals surface area contributed by atoms with Crippen LogP contribution in [0.4, 0.5) is 17.5 Å². The number of ether oxygens (including phenoxy) is 2. The first-order valence-electron chi connectivity index (χ1n) is 12.3. The van der Waals surface area contributed by atoms with Crippen LogP contribution in [0.2, 0.25) is 0 Å². The van der Waals surface area contributed by atoms with E-state index < -0.39 is 0 Å². The fourth-order valence-corrected chi connectivity index (χ4v) is 5.38. The Balaban J connectivity index is 1.33. The van der Waals surface area contributed by atoms with Gasteiger partial charge in [-0.15, -0.1) is 0 Å². The highest BCUT2D eigenvalue weighted by Gasteiger charge is 2.42. The minimum atomic E-state index is 0.238. The zero-order valence-electron chi connectivity index (χ0n) is 21.1. The van der Waals surface area contributed by atoms with Crippen molar-refractivity contribution in [2.24, 2.45) is 5.41 Å². The number of anilines is 3. The predicted octanol–water partition coefficient (Wildman–Crippen LogP) is 4.97. The van der Waals surface area contributed by atoms with Crippen LogP contribution in [-0.2, 0) is 4.74 Å². The summed E-state index contributed by atoms with van der Waals surface area (Å²) in [6.45, 7) is 9.35. The number of hydrogen-bond donors (Lipinski definition) is 1. The highest BCUT2D eigenvalue weighted by atomic mass is 16.5. The van der Waals surface area contributed by atoms with Crippen LogP contribution < -0.4 is 15.0 Å². The van der Waals surface area contributed by atoms with Crippen molar-refractivity contribution < 1.29 is 13.9 Å². The van der Waals surface area contributed by atoms with Crippen molar-refractivity contribution in [1.29, 1.82) is 0 Å². The minimum absolute atomic E-state index is 0.238. The monoisotopic (exact) mass is 486 g/mol. The summed E-state index contributed by atoms with van der Waals surface area (Å²) in [4.78, 5) is 21.2. The number of nitrogens with zero attached hydrogens (tertiary/aromatic N) is 5. The summed E-state index contributed by atoms with van der Waals surface area (Å²) in [5.41, 5.74) is 4.54. The fraction of sp³-hybridized carbons (Fsp3) is 0.407. The number of hydrogen-bond acceptors (Lipinski definition) is 9. The lowest BCUT2D eigenvalue weighted by Gasteiger charge is -2.23. The van der Waals surface area contributed by atoms with Crippen molar-refractivity contribution in [3.05, 3.63) is 47.8 Å². The summed E-state index contributed by atoms with van der Waals surface area (Å²) < 4.78 is 17.0. The van der Waals surface area contributed by atoms with Crippen LogP contribution in [-0.4, -0.2) is 53.3 Å². The third kappa shape index (κ3) is 4.03. The molecule has 1 unspecified atom stereocenters. The molecule has 0 bridgehead atoms. The number of aryl methyl sites for hydroxylation is 3. The van der Waals surface area contributed by atoms with Crippen molar-refractivity contribution >= 4 is 28.4 Å². The van der Waals surface area contributed by atoms with Gasteiger partial charge in [-0.2, -0.15) is 0 Å². The molecule has 2 aliphatic rings. The largest absolute Gasteiger partial charge is 0.495 e. The molecule has 0 aliphatic carbocycles. The summed E-state index contributed by atoms with van der Waals surface area (Å²) in [5, 5.41) is 4.32. The third-order valence-electron chi connectivity index (χ3n) is 7.22. The maximum atomic E-state index is 5.73. The molecule has 36 heavy (non-hydrogen) atoms. The predicted molar refractivity (Wildman–Crippen MR) is 138 cm³/mol. The molecule has 4 aromatic rings. The van der Waals surface area contributed by atoms with Crippen LogP contribution in [0.1, 0.15) is 30.2 Å². The maximum Gasteiger partial charge on any atom is 0.227 e. The molecular formula is C27H30N6O3. The molecule has 0 amide bonds. The van der Waals surface area contributed by atoms with E-state index in [9.17, 15) is 0 Å². The number of benzene rings is 1. The van der Waals surface area contributed by atoms with Gasteiger partial charge in [-0.3, -0.25) is 0 Å². The second-order valence-corrected chi connectivity index (χ2v) is 9.87. The van der Waals surface area contributed by atoms with Crippen molar-refractivity contribution in [3.8, 4) is 17.0 Å². The lowest BCUT2D eigenvalue weighted by molar-refractivity contribution is 0.160. The summed E-state index contributed by atoms with van der Waals surface area (Å²) in [6, 6.07) is 7.91. The zero-order chi connectivity index (χ0) is 24.9. The molecular weight excluding hydrogens is 456 g/mol. The van der Waals surface area contributed by atoms with Crippen molar-refractivity contribution in [1.82, 2.24) is 19.9 Å². The number of fused-ring (bicyclic) bond motifs is 1. The summed E-state index contributed by atoms with van der Waals surface area (Å²) in [7, 11) is 1.65. The molecule has 5 heterocycles. The van der Waals surface area contributed by atoms with Gasteiger partial charge < -0.3 is 24.1 Å². The Hall–Kier alpha value is -3.72. The molecule has 1 atom stereocenters. The summed E-state index contributed by atoms with van der Waals surface area (Å²) in [5.74, 6) is 3.49. The second-order valence-electron chi connectivity index (χ2n) is 9.87. The molecule has 2 saturated heterocycles. The molecule has 0 saturated carbocycles. The van der Waals surface area contributed by atoms with Crippen LogP contribution in [0.3, 0.4) is 0 Å². The molecule has 186 valence electrons. The first-order chi connectivity index (χ1) is 17.4. The normalized spacial score (nSPS) is 19.5. The molecule has 9 nitrogen and oxygen atoms in total. The number of nitrogens with one attached hydrogen (secondary N) is 1. The fourth-order valence-electron chi connectivity index (χ4n) is 5.38. The molecule has 1 spiro atoms. The van der Waals surface area contributed by atoms with Gasteiger partial charge in [-0.05, 0) is 44.9 Å². The average Bonchev–Trinajstić information content (AvgIpc) is 3.60. The van der Waals surface area contributed by atoms with Crippen LogP contribution in [0.15, 0.2) is 34.9 Å². The third-order valence-corrected chi connectivity index (χ3v) is 7.22. The molecule has 1 aromatic carbocycles. The van der Waals surface area contributed by atoms with Gasteiger partial charge in [0.05, 0.1) is 19.4 Å². The molecule has 3 aromatic heterocycles. The van der Waals surface area contributed by atoms with Gasteiger partial charge in [0.25, 0.3) is 0 Å². The van der Waals surface area contributed by atoms with Crippen molar-refractivity contribution in [2.75, 3.05) is 43.6 Å². The van der Waals surface area contributed by atoms with E-state index in [0.717, 1.165) is 84.3 Å². The van der Waals surface area contributed by atoms with E-state index >= 15 is 0 Å². The number of oxazole rings is 1. The molecule has 2 fully saturated rings. The summed E-state index contributed by atoms with van der Waals surface area (Å²) in [6.07, 6.45) is 4.09. The van der Waals surface area contributed by atoms with Gasteiger partial charge >= 0.3 is 0 Å². The Kier molecular flexibility index (Phi) is 5.52. The van der Waals surface area contributed by atoms with Gasteiger partial charge in [0.2, 0.25) is 5.95 Å². The van der Waals surface area contributed by atoms with Crippen LogP contribution in [0, 0.1) is 26.2 Å². The number of pyridine rings is 1. The summed E-state index contributed by atoms with van der Waals surface area (Å²) >= 11 is 0. The van der Waals surface area contributed by atoms with Gasteiger partial charge in [-0.25, -0.2) is 19.9 Å². The second kappa shape index (κ2) is 8.74. The van der Waals surface area contributed by atoms with E-state index in [1.165, 1.54) is 0 Å². The maximum absolute atomic E-state index is 5.73. The van der Waals surface area contributed by atoms with E-state index in [0.29, 0.717) is 17.6 Å². The molecule has 6 rings (SSSR count). The highest BCUT2D eigenvalue weighted by Crippen LogP contribution is 2.41. The van der Waals surface area contributed by atoms with Gasteiger partial charge in [0.1, 0.15) is 22.7 Å². The molecule has 2 aliphatic heterocycles. The number of aromatic nitrogens is 4. The Bertz CT molecular complexity index is 1440. The average molecular weight is 487 g/mol. The smallest absolute Gasteiger partial charge is 0.227 e. The van der Waals surface area contributed by atoms with E-state index in [2.05, 4.69) is 20.2 Å². The quantitative estimate of drug-likeness (QED) is 0.419. The van der Waals surface area contributed by atoms with Crippen molar-refractivity contribution in [3.63, 3.8) is 0 Å². The minimum Gasteiger partial charge on any atom is -0.495 e. The molecule has 0 radical (unpaired) electrons. The Morgan fingerprint density at radius 1 is 1.08 bits per heavy atom. The Labute approximate surface area is 209 Å². The molecule has 9 heteroatoms. The zero-order valence-corrected chi connectivity index (χ0v) is 21.1. The topological polar surface area (TPSA) is 98.4 Å². The van der Waals surface area contributed by atoms with Crippen molar-refractivity contribution in [2.45, 2.75) is 33.6 Å². The Morgan fingerprint density at radius 2 is 1.97 bits per heavy atom. The lowest BCUT2D eigenvalue weighted by atomic mass is 9.87. The van der Waals surface area contributed by atoms with E-state index in [4.69, 9.17) is 23.9 Å². The lowest BCUT2D eigenvalue weighted by Crippen LogP contribution is -2.28. The molecule has 1 N–H and O–H groups in total. The SMILES string of the molecule is COc1cc(-c2nc(C)oc2C)ccc1Nc1ncc2cc(C)nc(N3CCC4(CCOC4)C3)c2n1. The number of rotatable bonds is 5. The van der Waals surface area contributed by atoms with Gasteiger partial charge in [0, 0.05) is 54.9 Å². The van der Waals surface area contributed by atoms with Crippen LogP contribution in [0.25, 0.3) is 22.2 Å². The van der Waals surface area contributed by atoms with Crippen LogP contribution in [0.5, 0.6) is 5.75 Å².